The van der Waals surface area contributed by atoms with Crippen LogP contribution < -0.4 is 5.73 Å². The summed E-state index contributed by atoms with van der Waals surface area (Å²) >= 11 is 0. The fourth-order valence-corrected chi connectivity index (χ4v) is 1.56. The summed E-state index contributed by atoms with van der Waals surface area (Å²) in [6, 6.07) is 4.19. The molecule has 0 fully saturated rings. The summed E-state index contributed by atoms with van der Waals surface area (Å²) in [6.07, 6.45) is 4.39. The lowest BCUT2D eigenvalue weighted by Gasteiger charge is -2.11. The molecule has 0 saturated carbocycles. The van der Waals surface area contributed by atoms with Crippen molar-refractivity contribution in [2.45, 2.75) is 39.3 Å². The second-order valence-electron chi connectivity index (χ2n) is 3.88. The van der Waals surface area contributed by atoms with Gasteiger partial charge in [-0.15, -0.1) is 0 Å². The first kappa shape index (κ1) is 12.3. The first-order valence-corrected chi connectivity index (χ1v) is 5.74. The monoisotopic (exact) mass is 210 g/mol. The van der Waals surface area contributed by atoms with Gasteiger partial charge in [0.1, 0.15) is 0 Å². The van der Waals surface area contributed by atoms with Gasteiger partial charge in [-0.3, -0.25) is 0 Å². The molecule has 1 unspecified atom stereocenters. The van der Waals surface area contributed by atoms with Gasteiger partial charge in [0.15, 0.2) is 0 Å². The predicted molar refractivity (Wildman–Crippen MR) is 62.8 cm³/mol. The zero-order valence-electron chi connectivity index (χ0n) is 9.78. The third-order valence-electron chi connectivity index (χ3n) is 2.45. The highest BCUT2D eigenvalue weighted by Crippen LogP contribution is 2.10. The molecule has 0 aromatic carbocycles. The highest BCUT2D eigenvalue weighted by Gasteiger charge is 2.04. The quantitative estimate of drug-likeness (QED) is 0.702. The van der Waals surface area contributed by atoms with E-state index < -0.39 is 0 Å². The van der Waals surface area contributed by atoms with Gasteiger partial charge in [0.05, 0.1) is 6.61 Å². The maximum absolute atomic E-state index is 5.85. The molecule has 1 aromatic heterocycles. The van der Waals surface area contributed by atoms with Crippen molar-refractivity contribution in [3.8, 4) is 0 Å². The number of nitrogens with two attached hydrogens (primary N) is 1. The van der Waals surface area contributed by atoms with Crippen molar-refractivity contribution in [2.75, 3.05) is 13.2 Å². The maximum atomic E-state index is 5.85. The fourth-order valence-electron chi connectivity index (χ4n) is 1.56. The molecule has 0 aliphatic rings. The van der Waals surface area contributed by atoms with Gasteiger partial charge < -0.3 is 15.0 Å². The van der Waals surface area contributed by atoms with Gasteiger partial charge in [-0.2, -0.15) is 0 Å². The lowest BCUT2D eigenvalue weighted by Crippen LogP contribution is -2.14. The van der Waals surface area contributed by atoms with Crippen LogP contribution in [0.2, 0.25) is 0 Å². The van der Waals surface area contributed by atoms with Gasteiger partial charge in [0, 0.05) is 31.1 Å². The number of rotatable bonds is 7. The van der Waals surface area contributed by atoms with Gasteiger partial charge in [0.2, 0.25) is 0 Å². The van der Waals surface area contributed by atoms with Crippen LogP contribution in [0.1, 0.15) is 38.4 Å². The van der Waals surface area contributed by atoms with Crippen LogP contribution in [0.5, 0.6) is 0 Å². The zero-order chi connectivity index (χ0) is 11.1. The molecular formula is C12H22N2O. The molecule has 3 nitrogen and oxygen atoms in total. The van der Waals surface area contributed by atoms with Crippen LogP contribution in [0.15, 0.2) is 18.3 Å². The third kappa shape index (κ3) is 4.06. The van der Waals surface area contributed by atoms with Crippen molar-refractivity contribution in [3.05, 3.63) is 24.0 Å². The zero-order valence-corrected chi connectivity index (χ0v) is 9.78. The van der Waals surface area contributed by atoms with Crippen molar-refractivity contribution < 1.29 is 4.74 Å². The molecule has 86 valence electrons. The van der Waals surface area contributed by atoms with E-state index in [1.54, 1.807) is 0 Å². The van der Waals surface area contributed by atoms with Crippen LogP contribution in [0.4, 0.5) is 0 Å². The Balaban J connectivity index is 2.28. The van der Waals surface area contributed by atoms with Gasteiger partial charge in [-0.25, -0.2) is 0 Å². The Hall–Kier alpha value is -0.800. The number of ether oxygens (including phenoxy) is 1. The minimum absolute atomic E-state index is 0.0932. The molecule has 0 radical (unpaired) electrons. The average Bonchev–Trinajstić information content (AvgIpc) is 2.66. The summed E-state index contributed by atoms with van der Waals surface area (Å²) in [5.41, 5.74) is 7.02. The Morgan fingerprint density at radius 3 is 2.93 bits per heavy atom. The van der Waals surface area contributed by atoms with Crippen molar-refractivity contribution in [1.29, 1.82) is 0 Å². The van der Waals surface area contributed by atoms with E-state index >= 15 is 0 Å². The Bertz CT molecular complexity index is 268. The average molecular weight is 210 g/mol. The molecular weight excluding hydrogens is 188 g/mol. The molecule has 0 saturated heterocycles. The van der Waals surface area contributed by atoms with E-state index in [4.69, 9.17) is 10.5 Å². The Morgan fingerprint density at radius 2 is 2.27 bits per heavy atom. The predicted octanol–water partition coefficient (Wildman–Crippen LogP) is 2.32. The van der Waals surface area contributed by atoms with Crippen LogP contribution in [-0.2, 0) is 11.3 Å². The number of aromatic nitrogens is 1. The Morgan fingerprint density at radius 1 is 1.47 bits per heavy atom. The molecule has 2 N–H and O–H groups in total. The summed E-state index contributed by atoms with van der Waals surface area (Å²) in [7, 11) is 0. The minimum Gasteiger partial charge on any atom is -0.380 e. The van der Waals surface area contributed by atoms with Crippen molar-refractivity contribution in [2.24, 2.45) is 5.73 Å². The number of nitrogens with zero attached hydrogens (tertiary/aromatic N) is 1. The molecule has 15 heavy (non-hydrogen) atoms. The van der Waals surface area contributed by atoms with Crippen LogP contribution in [-0.4, -0.2) is 17.8 Å². The van der Waals surface area contributed by atoms with Crippen LogP contribution in [0.25, 0.3) is 0 Å². The third-order valence-corrected chi connectivity index (χ3v) is 2.45. The first-order chi connectivity index (χ1) is 7.25. The van der Waals surface area contributed by atoms with Gasteiger partial charge in [0.25, 0.3) is 0 Å². The molecule has 0 amide bonds. The Kier molecular flexibility index (Phi) is 5.43. The fraction of sp³-hybridized carbons (Fsp3) is 0.667. The highest BCUT2D eigenvalue weighted by molar-refractivity contribution is 5.10. The molecule has 0 spiro atoms. The van der Waals surface area contributed by atoms with Crippen LogP contribution >= 0.6 is 0 Å². The molecule has 0 aliphatic heterocycles. The normalized spacial score (nSPS) is 13.0. The molecule has 1 rings (SSSR count). The molecule has 3 heteroatoms. The summed E-state index contributed by atoms with van der Waals surface area (Å²) in [5.74, 6) is 0. The van der Waals surface area contributed by atoms with Crippen molar-refractivity contribution in [3.63, 3.8) is 0 Å². The van der Waals surface area contributed by atoms with E-state index in [0.717, 1.165) is 26.2 Å². The van der Waals surface area contributed by atoms with E-state index in [9.17, 15) is 0 Å². The Labute approximate surface area is 92.2 Å². The summed E-state index contributed by atoms with van der Waals surface area (Å²) in [4.78, 5) is 0. The maximum Gasteiger partial charge on any atom is 0.0645 e. The van der Waals surface area contributed by atoms with E-state index in [1.165, 1.54) is 12.1 Å². The molecule has 1 atom stereocenters. The highest BCUT2D eigenvalue weighted by atomic mass is 16.5. The molecule has 0 aliphatic carbocycles. The number of hydrogen-bond acceptors (Lipinski definition) is 2. The molecule has 0 bridgehead atoms. The summed E-state index contributed by atoms with van der Waals surface area (Å²) in [6.45, 7) is 6.71. The van der Waals surface area contributed by atoms with Crippen molar-refractivity contribution in [1.82, 2.24) is 4.57 Å². The van der Waals surface area contributed by atoms with Gasteiger partial charge >= 0.3 is 0 Å². The van der Waals surface area contributed by atoms with E-state index in [0.29, 0.717) is 0 Å². The van der Waals surface area contributed by atoms with Gasteiger partial charge in [-0.1, -0.05) is 13.3 Å². The second-order valence-corrected chi connectivity index (χ2v) is 3.88. The smallest absolute Gasteiger partial charge is 0.0645 e. The standard InChI is InChI=1S/C12H22N2O/c1-3-4-9-15-10-8-14-7-5-6-12(14)11(2)13/h5-7,11H,3-4,8-10,13H2,1-2H3. The molecule has 1 aromatic rings. The SMILES string of the molecule is CCCCOCCn1cccc1C(C)N. The largest absolute Gasteiger partial charge is 0.380 e. The van der Waals surface area contributed by atoms with Crippen LogP contribution in [0, 0.1) is 0 Å². The first-order valence-electron chi connectivity index (χ1n) is 5.74. The van der Waals surface area contributed by atoms with E-state index in [-0.39, 0.29) is 6.04 Å². The van der Waals surface area contributed by atoms with Crippen LogP contribution in [0.3, 0.4) is 0 Å². The van der Waals surface area contributed by atoms with E-state index in [2.05, 4.69) is 23.8 Å². The number of unbranched alkanes of at least 4 members (excludes halogenated alkanes) is 1. The number of hydrogen-bond donors (Lipinski definition) is 1. The summed E-state index contributed by atoms with van der Waals surface area (Å²) < 4.78 is 7.68. The molecule has 1 heterocycles. The lowest BCUT2D eigenvalue weighted by molar-refractivity contribution is 0.123. The lowest BCUT2D eigenvalue weighted by atomic mass is 10.2. The minimum atomic E-state index is 0.0932. The second kappa shape index (κ2) is 6.64. The van der Waals surface area contributed by atoms with E-state index in [1.807, 2.05) is 13.0 Å². The summed E-state index contributed by atoms with van der Waals surface area (Å²) in [5, 5.41) is 0. The van der Waals surface area contributed by atoms with Gasteiger partial charge in [-0.05, 0) is 25.5 Å². The van der Waals surface area contributed by atoms with Crippen molar-refractivity contribution >= 4 is 0 Å². The topological polar surface area (TPSA) is 40.2 Å².